The molecular formula is C12H12FN3O2. The Balaban J connectivity index is 2.19. The molecule has 0 spiro atoms. The van der Waals surface area contributed by atoms with E-state index in [0.29, 0.717) is 12.2 Å². The minimum Gasteiger partial charge on any atom is -0.478 e. The lowest BCUT2D eigenvalue weighted by Crippen LogP contribution is -2.09. The van der Waals surface area contributed by atoms with Crippen LogP contribution in [-0.4, -0.2) is 20.9 Å². The van der Waals surface area contributed by atoms with Gasteiger partial charge in [-0.25, -0.2) is 9.18 Å². The van der Waals surface area contributed by atoms with Gasteiger partial charge in [0.25, 0.3) is 0 Å². The first-order chi connectivity index (χ1) is 8.58. The highest BCUT2D eigenvalue weighted by Crippen LogP contribution is 2.17. The third kappa shape index (κ3) is 2.48. The molecule has 0 atom stereocenters. The zero-order chi connectivity index (χ0) is 13.1. The van der Waals surface area contributed by atoms with Crippen LogP contribution in [0, 0.1) is 5.82 Å². The number of carboxylic acids is 1. The van der Waals surface area contributed by atoms with Crippen molar-refractivity contribution in [1.82, 2.24) is 9.78 Å². The van der Waals surface area contributed by atoms with E-state index in [1.54, 1.807) is 17.9 Å². The molecule has 1 heterocycles. The zero-order valence-corrected chi connectivity index (χ0v) is 9.72. The number of halogens is 1. The largest absolute Gasteiger partial charge is 0.478 e. The number of anilines is 1. The molecule has 0 amide bonds. The quantitative estimate of drug-likeness (QED) is 0.868. The Kier molecular flexibility index (Phi) is 3.27. The molecule has 0 saturated carbocycles. The summed E-state index contributed by atoms with van der Waals surface area (Å²) in [5.74, 6) is -1.74. The van der Waals surface area contributed by atoms with Gasteiger partial charge in [-0.05, 0) is 24.3 Å². The number of hydrogen-bond acceptors (Lipinski definition) is 3. The summed E-state index contributed by atoms with van der Waals surface area (Å²) in [6, 6.07) is 5.44. The normalized spacial score (nSPS) is 10.3. The van der Waals surface area contributed by atoms with Crippen molar-refractivity contribution in [1.29, 1.82) is 0 Å². The molecule has 2 N–H and O–H groups in total. The molecule has 0 fully saturated rings. The summed E-state index contributed by atoms with van der Waals surface area (Å²) in [6.07, 6.45) is 1.65. The highest BCUT2D eigenvalue weighted by Gasteiger charge is 2.11. The lowest BCUT2D eigenvalue weighted by molar-refractivity contribution is 0.0697. The number of aromatic carboxylic acids is 1. The Morgan fingerprint density at radius 1 is 1.50 bits per heavy atom. The molecule has 18 heavy (non-hydrogen) atoms. The molecule has 6 heteroatoms. The van der Waals surface area contributed by atoms with Gasteiger partial charge in [0.1, 0.15) is 5.82 Å². The van der Waals surface area contributed by atoms with Crippen molar-refractivity contribution in [3.63, 3.8) is 0 Å². The summed E-state index contributed by atoms with van der Waals surface area (Å²) >= 11 is 0. The van der Waals surface area contributed by atoms with E-state index in [4.69, 9.17) is 5.11 Å². The van der Waals surface area contributed by atoms with Gasteiger partial charge in [0.2, 0.25) is 0 Å². The Morgan fingerprint density at radius 2 is 2.28 bits per heavy atom. The van der Waals surface area contributed by atoms with Gasteiger partial charge >= 0.3 is 5.97 Å². The van der Waals surface area contributed by atoms with Crippen molar-refractivity contribution >= 4 is 11.7 Å². The number of hydrogen-bond donors (Lipinski definition) is 2. The molecule has 0 aliphatic rings. The van der Waals surface area contributed by atoms with Gasteiger partial charge < -0.3 is 10.4 Å². The van der Waals surface area contributed by atoms with E-state index in [9.17, 15) is 9.18 Å². The molecule has 94 valence electrons. The van der Waals surface area contributed by atoms with Crippen molar-refractivity contribution in [3.05, 3.63) is 47.5 Å². The minimum absolute atomic E-state index is 0.0860. The fourth-order valence-electron chi connectivity index (χ4n) is 1.61. The van der Waals surface area contributed by atoms with Gasteiger partial charge in [-0.15, -0.1) is 0 Å². The van der Waals surface area contributed by atoms with Crippen LogP contribution in [0.3, 0.4) is 0 Å². The van der Waals surface area contributed by atoms with E-state index in [1.807, 2.05) is 6.07 Å². The molecular weight excluding hydrogens is 237 g/mol. The first-order valence-corrected chi connectivity index (χ1v) is 5.31. The predicted octanol–water partition coefficient (Wildman–Crippen LogP) is 1.87. The van der Waals surface area contributed by atoms with Crippen LogP contribution in [0.15, 0.2) is 30.5 Å². The van der Waals surface area contributed by atoms with E-state index in [2.05, 4.69) is 10.4 Å². The summed E-state index contributed by atoms with van der Waals surface area (Å²) < 4.78 is 14.7. The monoisotopic (exact) mass is 249 g/mol. The number of aromatic nitrogens is 2. The van der Waals surface area contributed by atoms with Crippen molar-refractivity contribution < 1.29 is 14.3 Å². The van der Waals surface area contributed by atoms with Crippen LogP contribution in [0.25, 0.3) is 0 Å². The molecule has 5 nitrogen and oxygen atoms in total. The first kappa shape index (κ1) is 12.1. The van der Waals surface area contributed by atoms with Crippen molar-refractivity contribution in [2.45, 2.75) is 6.54 Å². The van der Waals surface area contributed by atoms with E-state index >= 15 is 0 Å². The van der Waals surface area contributed by atoms with Gasteiger partial charge in [-0.1, -0.05) is 0 Å². The number of rotatable bonds is 4. The fraction of sp³-hybridized carbons (Fsp3) is 0.167. The number of nitrogens with one attached hydrogen (secondary N) is 1. The van der Waals surface area contributed by atoms with Crippen LogP contribution in [0.5, 0.6) is 0 Å². The topological polar surface area (TPSA) is 67.2 Å². The molecule has 1 aromatic carbocycles. The van der Waals surface area contributed by atoms with E-state index in [0.717, 1.165) is 11.8 Å². The molecule has 0 radical (unpaired) electrons. The van der Waals surface area contributed by atoms with Crippen molar-refractivity contribution in [2.24, 2.45) is 7.05 Å². The van der Waals surface area contributed by atoms with E-state index in [-0.39, 0.29) is 5.56 Å². The van der Waals surface area contributed by atoms with E-state index in [1.165, 1.54) is 12.1 Å². The van der Waals surface area contributed by atoms with Gasteiger partial charge in [0.05, 0.1) is 17.8 Å². The Hall–Kier alpha value is -2.37. The Morgan fingerprint density at radius 3 is 2.89 bits per heavy atom. The Bertz CT molecular complexity index is 580. The summed E-state index contributed by atoms with van der Waals surface area (Å²) in [6.45, 7) is 0.419. The summed E-state index contributed by atoms with van der Waals surface area (Å²) in [7, 11) is 1.79. The molecule has 0 aliphatic carbocycles. The first-order valence-electron chi connectivity index (χ1n) is 5.31. The van der Waals surface area contributed by atoms with Crippen molar-refractivity contribution in [2.75, 3.05) is 5.32 Å². The van der Waals surface area contributed by atoms with Gasteiger partial charge in [-0.2, -0.15) is 5.10 Å². The summed E-state index contributed by atoms with van der Waals surface area (Å²) in [4.78, 5) is 11.0. The fourth-order valence-corrected chi connectivity index (χ4v) is 1.61. The average Bonchev–Trinajstić information content (AvgIpc) is 2.73. The number of carboxylic acid groups (broad SMARTS) is 1. The average molecular weight is 249 g/mol. The van der Waals surface area contributed by atoms with Crippen LogP contribution < -0.4 is 5.32 Å². The van der Waals surface area contributed by atoms with Gasteiger partial charge in [-0.3, -0.25) is 4.68 Å². The molecule has 0 bridgehead atoms. The van der Waals surface area contributed by atoms with Crippen LogP contribution >= 0.6 is 0 Å². The molecule has 1 aromatic heterocycles. The zero-order valence-electron chi connectivity index (χ0n) is 9.72. The number of aryl methyl sites for hydroxylation is 1. The SMILES string of the molecule is Cn1nccc1CNc1ccc(F)cc1C(=O)O. The third-order valence-corrected chi connectivity index (χ3v) is 2.59. The molecule has 0 saturated heterocycles. The molecule has 2 rings (SSSR count). The second kappa shape index (κ2) is 4.87. The van der Waals surface area contributed by atoms with Gasteiger partial charge in [0, 0.05) is 18.9 Å². The van der Waals surface area contributed by atoms with Crippen molar-refractivity contribution in [3.8, 4) is 0 Å². The maximum absolute atomic E-state index is 13.0. The maximum atomic E-state index is 13.0. The number of carbonyl (C=O) groups is 1. The summed E-state index contributed by atoms with van der Waals surface area (Å²) in [5, 5.41) is 15.9. The van der Waals surface area contributed by atoms with E-state index < -0.39 is 11.8 Å². The number of benzene rings is 1. The highest BCUT2D eigenvalue weighted by atomic mass is 19.1. The molecule has 2 aromatic rings. The second-order valence-electron chi connectivity index (χ2n) is 3.79. The standard InChI is InChI=1S/C12H12FN3O2/c1-16-9(4-5-15-16)7-14-11-3-2-8(13)6-10(11)12(17)18/h2-6,14H,7H2,1H3,(H,17,18). The maximum Gasteiger partial charge on any atom is 0.337 e. The third-order valence-electron chi connectivity index (χ3n) is 2.59. The minimum atomic E-state index is -1.16. The Labute approximate surface area is 103 Å². The molecule has 0 unspecified atom stereocenters. The predicted molar refractivity (Wildman–Crippen MR) is 63.9 cm³/mol. The lowest BCUT2D eigenvalue weighted by atomic mass is 10.1. The summed E-state index contributed by atoms with van der Waals surface area (Å²) in [5.41, 5.74) is 1.19. The lowest BCUT2D eigenvalue weighted by Gasteiger charge is -2.09. The van der Waals surface area contributed by atoms with Crippen LogP contribution in [0.2, 0.25) is 0 Å². The van der Waals surface area contributed by atoms with Crippen LogP contribution in [-0.2, 0) is 13.6 Å². The highest BCUT2D eigenvalue weighted by molar-refractivity contribution is 5.94. The smallest absolute Gasteiger partial charge is 0.337 e. The van der Waals surface area contributed by atoms with Crippen LogP contribution in [0.1, 0.15) is 16.1 Å². The molecule has 0 aliphatic heterocycles. The van der Waals surface area contributed by atoms with Crippen LogP contribution in [0.4, 0.5) is 10.1 Å². The van der Waals surface area contributed by atoms with Gasteiger partial charge in [0.15, 0.2) is 0 Å². The number of nitrogens with zero attached hydrogens (tertiary/aromatic N) is 2. The second-order valence-corrected chi connectivity index (χ2v) is 3.79.